The fourth-order valence-corrected chi connectivity index (χ4v) is 3.54. The number of carboxylic acid groups (broad SMARTS) is 2. The SMILES string of the molecule is Clc1ccccc1CN1CCc2sccc2C1.O=C(O)/C=C/C(=O)O. The minimum atomic E-state index is -1.26. The van der Waals surface area contributed by atoms with Crippen molar-refractivity contribution in [2.75, 3.05) is 6.54 Å². The molecule has 0 saturated heterocycles. The van der Waals surface area contributed by atoms with Crippen molar-refractivity contribution in [1.82, 2.24) is 4.90 Å². The predicted molar refractivity (Wildman–Crippen MR) is 98.0 cm³/mol. The Balaban J connectivity index is 0.000000242. The molecule has 2 aromatic rings. The average Bonchev–Trinajstić information content (AvgIpc) is 3.03. The van der Waals surface area contributed by atoms with Gasteiger partial charge in [0.05, 0.1) is 0 Å². The third kappa shape index (κ3) is 6.34. The van der Waals surface area contributed by atoms with Crippen molar-refractivity contribution < 1.29 is 19.8 Å². The number of carboxylic acids is 2. The highest BCUT2D eigenvalue weighted by Crippen LogP contribution is 2.26. The van der Waals surface area contributed by atoms with E-state index < -0.39 is 11.9 Å². The molecule has 0 atom stereocenters. The van der Waals surface area contributed by atoms with Gasteiger partial charge in [-0.05, 0) is 35.1 Å². The Labute approximate surface area is 154 Å². The van der Waals surface area contributed by atoms with Crippen LogP contribution in [0.5, 0.6) is 0 Å². The largest absolute Gasteiger partial charge is 0.478 e. The van der Waals surface area contributed by atoms with Crippen LogP contribution in [-0.4, -0.2) is 33.6 Å². The van der Waals surface area contributed by atoms with Gasteiger partial charge < -0.3 is 10.2 Å². The van der Waals surface area contributed by atoms with Crippen LogP contribution in [0.2, 0.25) is 5.02 Å². The van der Waals surface area contributed by atoms with Gasteiger partial charge in [-0.2, -0.15) is 0 Å². The van der Waals surface area contributed by atoms with Crippen molar-refractivity contribution in [3.8, 4) is 0 Å². The molecule has 1 aliphatic heterocycles. The third-order valence-electron chi connectivity index (χ3n) is 3.61. The maximum Gasteiger partial charge on any atom is 0.328 e. The van der Waals surface area contributed by atoms with Gasteiger partial charge in [-0.3, -0.25) is 4.90 Å². The highest BCUT2D eigenvalue weighted by Gasteiger charge is 2.17. The second-order valence-electron chi connectivity index (χ2n) is 5.43. The quantitative estimate of drug-likeness (QED) is 0.792. The summed E-state index contributed by atoms with van der Waals surface area (Å²) >= 11 is 8.08. The van der Waals surface area contributed by atoms with Crippen molar-refractivity contribution in [1.29, 1.82) is 0 Å². The number of fused-ring (bicyclic) bond motifs is 1. The zero-order chi connectivity index (χ0) is 18.2. The van der Waals surface area contributed by atoms with E-state index in [1.54, 1.807) is 4.88 Å². The van der Waals surface area contributed by atoms with E-state index in [4.69, 9.17) is 21.8 Å². The molecule has 1 aromatic carbocycles. The van der Waals surface area contributed by atoms with Crippen molar-refractivity contribution in [2.24, 2.45) is 0 Å². The molecule has 0 spiro atoms. The van der Waals surface area contributed by atoms with Gasteiger partial charge in [-0.1, -0.05) is 29.8 Å². The average molecular weight is 380 g/mol. The molecule has 2 heterocycles. The molecule has 1 aromatic heterocycles. The van der Waals surface area contributed by atoms with Crippen LogP contribution in [0.25, 0.3) is 0 Å². The zero-order valence-corrected chi connectivity index (χ0v) is 15.0. The number of halogens is 1. The summed E-state index contributed by atoms with van der Waals surface area (Å²) in [4.78, 5) is 23.1. The van der Waals surface area contributed by atoms with Crippen LogP contribution in [0.3, 0.4) is 0 Å². The van der Waals surface area contributed by atoms with Gasteiger partial charge in [-0.15, -0.1) is 11.3 Å². The maximum atomic E-state index is 9.55. The molecule has 0 saturated carbocycles. The van der Waals surface area contributed by atoms with E-state index in [1.165, 1.54) is 17.5 Å². The van der Waals surface area contributed by atoms with E-state index >= 15 is 0 Å². The van der Waals surface area contributed by atoms with E-state index in [0.717, 1.165) is 24.7 Å². The first-order valence-electron chi connectivity index (χ1n) is 7.60. The molecule has 0 aliphatic carbocycles. The Morgan fingerprint density at radius 2 is 1.84 bits per heavy atom. The fraction of sp³-hybridized carbons (Fsp3) is 0.222. The molecule has 7 heteroatoms. The van der Waals surface area contributed by atoms with Gasteiger partial charge >= 0.3 is 11.9 Å². The summed E-state index contributed by atoms with van der Waals surface area (Å²) < 4.78 is 0. The van der Waals surface area contributed by atoms with Gasteiger partial charge in [0.15, 0.2) is 0 Å². The van der Waals surface area contributed by atoms with Crippen LogP contribution in [0.4, 0.5) is 0 Å². The second-order valence-corrected chi connectivity index (χ2v) is 6.84. The van der Waals surface area contributed by atoms with Gasteiger partial charge in [0.2, 0.25) is 0 Å². The van der Waals surface area contributed by atoms with Gasteiger partial charge in [0.25, 0.3) is 0 Å². The summed E-state index contributed by atoms with van der Waals surface area (Å²) in [5.74, 6) is -2.51. The van der Waals surface area contributed by atoms with E-state index in [-0.39, 0.29) is 0 Å². The summed E-state index contributed by atoms with van der Waals surface area (Å²) in [5.41, 5.74) is 2.72. The number of thiophene rings is 1. The number of nitrogens with zero attached hydrogens (tertiary/aromatic N) is 1. The summed E-state index contributed by atoms with van der Waals surface area (Å²) in [6.45, 7) is 3.15. The molecule has 5 nitrogen and oxygen atoms in total. The Morgan fingerprint density at radius 1 is 1.16 bits per heavy atom. The molecule has 132 valence electrons. The summed E-state index contributed by atoms with van der Waals surface area (Å²) in [7, 11) is 0. The minimum Gasteiger partial charge on any atom is -0.478 e. The molecular weight excluding hydrogens is 362 g/mol. The van der Waals surface area contributed by atoms with Gasteiger partial charge in [-0.25, -0.2) is 9.59 Å². The van der Waals surface area contributed by atoms with Gasteiger partial charge in [0, 0.05) is 41.7 Å². The lowest BCUT2D eigenvalue weighted by Gasteiger charge is -2.27. The Kier molecular flexibility index (Phi) is 7.18. The first kappa shape index (κ1) is 19.2. The number of rotatable bonds is 4. The molecule has 0 amide bonds. The van der Waals surface area contributed by atoms with Crippen LogP contribution >= 0.6 is 22.9 Å². The van der Waals surface area contributed by atoms with Crippen LogP contribution in [0.1, 0.15) is 16.0 Å². The normalized spacial score (nSPS) is 13.8. The van der Waals surface area contributed by atoms with Crippen LogP contribution < -0.4 is 0 Å². The lowest BCUT2D eigenvalue weighted by Crippen LogP contribution is -2.29. The molecule has 0 fully saturated rings. The Hall–Kier alpha value is -2.15. The fourth-order valence-electron chi connectivity index (χ4n) is 2.45. The first-order valence-corrected chi connectivity index (χ1v) is 8.86. The highest BCUT2D eigenvalue weighted by molar-refractivity contribution is 7.10. The molecule has 1 aliphatic rings. The number of benzene rings is 1. The number of hydrogen-bond acceptors (Lipinski definition) is 4. The Morgan fingerprint density at radius 3 is 2.48 bits per heavy atom. The monoisotopic (exact) mass is 379 g/mol. The van der Waals surface area contributed by atoms with E-state index in [9.17, 15) is 9.59 Å². The zero-order valence-electron chi connectivity index (χ0n) is 13.4. The number of hydrogen-bond donors (Lipinski definition) is 2. The van der Waals surface area contributed by atoms with Crippen molar-refractivity contribution in [2.45, 2.75) is 19.5 Å². The smallest absolute Gasteiger partial charge is 0.328 e. The van der Waals surface area contributed by atoms with Gasteiger partial charge in [0.1, 0.15) is 0 Å². The molecule has 3 rings (SSSR count). The molecule has 25 heavy (non-hydrogen) atoms. The van der Waals surface area contributed by atoms with Crippen molar-refractivity contribution in [3.63, 3.8) is 0 Å². The summed E-state index contributed by atoms with van der Waals surface area (Å²) in [6, 6.07) is 10.4. The highest BCUT2D eigenvalue weighted by atomic mass is 35.5. The number of aliphatic carboxylic acids is 2. The lowest BCUT2D eigenvalue weighted by molar-refractivity contribution is -0.134. The van der Waals surface area contributed by atoms with Crippen molar-refractivity contribution in [3.05, 3.63) is 68.9 Å². The molecule has 2 N–H and O–H groups in total. The lowest BCUT2D eigenvalue weighted by atomic mass is 10.1. The molecule has 0 radical (unpaired) electrons. The molecule has 0 bridgehead atoms. The topological polar surface area (TPSA) is 77.8 Å². The predicted octanol–water partition coefficient (Wildman–Crippen LogP) is 3.67. The summed E-state index contributed by atoms with van der Waals surface area (Å²) in [6.07, 6.45) is 2.29. The minimum absolute atomic E-state index is 0.558. The maximum absolute atomic E-state index is 9.55. The van der Waals surface area contributed by atoms with E-state index in [0.29, 0.717) is 12.2 Å². The Bertz CT molecular complexity index is 756. The van der Waals surface area contributed by atoms with Crippen LogP contribution in [0.15, 0.2) is 47.9 Å². The van der Waals surface area contributed by atoms with E-state index in [1.807, 2.05) is 23.5 Å². The molecular formula is C18H18ClNO4S. The third-order valence-corrected chi connectivity index (χ3v) is 5.00. The molecule has 0 unspecified atom stereocenters. The first-order chi connectivity index (χ1) is 12.0. The second kappa shape index (κ2) is 9.36. The summed E-state index contributed by atoms with van der Waals surface area (Å²) in [5, 5.41) is 18.7. The van der Waals surface area contributed by atoms with E-state index in [2.05, 4.69) is 28.5 Å². The number of carbonyl (C=O) groups is 2. The van der Waals surface area contributed by atoms with Crippen LogP contribution in [0, 0.1) is 0 Å². The standard InChI is InChI=1S/C14H14ClNS.C4H4O4/c15-13-4-2-1-3-11(13)9-16-7-5-14-12(10-16)6-8-17-14;5-3(6)1-2-4(7)8/h1-4,6,8H,5,7,9-10H2;1-2H,(H,5,6)(H,7,8)/b;2-1+. The van der Waals surface area contributed by atoms with Crippen molar-refractivity contribution >= 4 is 34.9 Å². The van der Waals surface area contributed by atoms with Crippen LogP contribution in [-0.2, 0) is 29.1 Å².